The molecular weight excluding hydrogens is 228 g/mol. The van der Waals surface area contributed by atoms with Crippen molar-refractivity contribution >= 4 is 17.0 Å². The number of anilines is 2. The summed E-state index contributed by atoms with van der Waals surface area (Å²) in [5.41, 5.74) is 1.86. The average Bonchev–Trinajstić information content (AvgIpc) is 2.88. The van der Waals surface area contributed by atoms with E-state index in [1.165, 1.54) is 6.33 Å². The molecule has 0 bridgehead atoms. The van der Waals surface area contributed by atoms with Gasteiger partial charge >= 0.3 is 0 Å². The summed E-state index contributed by atoms with van der Waals surface area (Å²) in [7, 11) is 1.65. The quantitative estimate of drug-likeness (QED) is 0.764. The molecule has 3 rings (SSSR count). The summed E-state index contributed by atoms with van der Waals surface area (Å²) in [6.45, 7) is 0. The van der Waals surface area contributed by atoms with Gasteiger partial charge in [0.25, 0.3) is 0 Å². The highest BCUT2D eigenvalue weighted by Gasteiger charge is 2.03. The summed E-state index contributed by atoms with van der Waals surface area (Å²) in [4.78, 5) is 4.25. The third-order valence-corrected chi connectivity index (χ3v) is 2.67. The molecule has 5 heteroatoms. The van der Waals surface area contributed by atoms with Gasteiger partial charge in [-0.15, -0.1) is 0 Å². The molecular formula is C13H12N4O. The largest absolute Gasteiger partial charge is 0.497 e. The van der Waals surface area contributed by atoms with Crippen LogP contribution < -0.4 is 10.1 Å². The zero-order valence-electron chi connectivity index (χ0n) is 9.87. The number of benzene rings is 1. The van der Waals surface area contributed by atoms with Gasteiger partial charge in [0, 0.05) is 18.0 Å². The molecule has 2 aromatic heterocycles. The van der Waals surface area contributed by atoms with Gasteiger partial charge in [-0.05, 0) is 24.3 Å². The Bertz CT molecular complexity index is 677. The number of hydrogen-bond acceptors (Lipinski definition) is 4. The minimum absolute atomic E-state index is 0.767. The zero-order chi connectivity index (χ0) is 12.4. The highest BCUT2D eigenvalue weighted by atomic mass is 16.5. The summed E-state index contributed by atoms with van der Waals surface area (Å²) >= 11 is 0. The van der Waals surface area contributed by atoms with E-state index in [-0.39, 0.29) is 0 Å². The first kappa shape index (κ1) is 10.6. The van der Waals surface area contributed by atoms with Crippen LogP contribution in [0.1, 0.15) is 0 Å². The van der Waals surface area contributed by atoms with E-state index in [2.05, 4.69) is 15.4 Å². The standard InChI is InChI=1S/C13H12N4O/c1-18-11-5-2-4-10(8-11)16-13-12-6-3-7-17(12)15-9-14-13/h2-9H,1H3,(H,14,15,16). The van der Waals surface area contributed by atoms with Crippen LogP contribution in [0.3, 0.4) is 0 Å². The number of aromatic nitrogens is 3. The minimum Gasteiger partial charge on any atom is -0.497 e. The van der Waals surface area contributed by atoms with Crippen LogP contribution in [0, 0.1) is 0 Å². The number of hydrogen-bond donors (Lipinski definition) is 1. The molecule has 5 nitrogen and oxygen atoms in total. The van der Waals surface area contributed by atoms with Crippen LogP contribution in [0.4, 0.5) is 11.5 Å². The molecule has 18 heavy (non-hydrogen) atoms. The van der Waals surface area contributed by atoms with Gasteiger partial charge in [0.2, 0.25) is 0 Å². The molecule has 0 atom stereocenters. The lowest BCUT2D eigenvalue weighted by molar-refractivity contribution is 0.415. The summed E-state index contributed by atoms with van der Waals surface area (Å²) in [6, 6.07) is 11.6. The predicted molar refractivity (Wildman–Crippen MR) is 69.3 cm³/mol. The van der Waals surface area contributed by atoms with Gasteiger partial charge in [-0.3, -0.25) is 0 Å². The van der Waals surface area contributed by atoms with Crippen molar-refractivity contribution in [3.05, 3.63) is 48.9 Å². The summed E-state index contributed by atoms with van der Waals surface area (Å²) in [5.74, 6) is 1.57. The SMILES string of the molecule is COc1cccc(Nc2ncnn3cccc23)c1. The van der Waals surface area contributed by atoms with Crippen molar-refractivity contribution in [1.82, 2.24) is 14.6 Å². The molecule has 0 aliphatic rings. The number of methoxy groups -OCH3 is 1. The molecule has 2 heterocycles. The highest BCUT2D eigenvalue weighted by Crippen LogP contribution is 2.22. The Labute approximate surface area is 104 Å². The Morgan fingerprint density at radius 3 is 3.06 bits per heavy atom. The number of nitrogens with one attached hydrogen (secondary N) is 1. The molecule has 0 radical (unpaired) electrons. The third-order valence-electron chi connectivity index (χ3n) is 2.67. The molecule has 0 saturated carbocycles. The molecule has 90 valence electrons. The van der Waals surface area contributed by atoms with Gasteiger partial charge in [0.1, 0.15) is 17.6 Å². The van der Waals surface area contributed by atoms with Gasteiger partial charge in [-0.1, -0.05) is 6.07 Å². The fourth-order valence-electron chi connectivity index (χ4n) is 1.80. The van der Waals surface area contributed by atoms with E-state index in [0.717, 1.165) is 22.8 Å². The van der Waals surface area contributed by atoms with Crippen LogP contribution in [0.25, 0.3) is 5.52 Å². The maximum absolute atomic E-state index is 5.19. The van der Waals surface area contributed by atoms with Crippen molar-refractivity contribution in [1.29, 1.82) is 0 Å². The Kier molecular flexibility index (Phi) is 2.57. The molecule has 0 aliphatic carbocycles. The van der Waals surface area contributed by atoms with Crippen LogP contribution in [-0.2, 0) is 0 Å². The van der Waals surface area contributed by atoms with Crippen LogP contribution in [0.2, 0.25) is 0 Å². The molecule has 1 aromatic carbocycles. The molecule has 0 spiro atoms. The summed E-state index contributed by atoms with van der Waals surface area (Å²) in [6.07, 6.45) is 3.41. The molecule has 0 saturated heterocycles. The third kappa shape index (κ3) is 1.86. The first-order valence-corrected chi connectivity index (χ1v) is 5.56. The normalized spacial score (nSPS) is 10.5. The Balaban J connectivity index is 1.98. The van der Waals surface area contributed by atoms with E-state index >= 15 is 0 Å². The fraction of sp³-hybridized carbons (Fsp3) is 0.0769. The monoisotopic (exact) mass is 240 g/mol. The second-order valence-corrected chi connectivity index (χ2v) is 3.80. The molecule has 0 fully saturated rings. The van der Waals surface area contributed by atoms with Crippen molar-refractivity contribution in [3.8, 4) is 5.75 Å². The molecule has 1 N–H and O–H groups in total. The summed E-state index contributed by atoms with van der Waals surface area (Å²) in [5, 5.41) is 7.37. The van der Waals surface area contributed by atoms with Crippen molar-refractivity contribution in [2.75, 3.05) is 12.4 Å². The van der Waals surface area contributed by atoms with E-state index < -0.39 is 0 Å². The lowest BCUT2D eigenvalue weighted by Gasteiger charge is -2.08. The van der Waals surface area contributed by atoms with Gasteiger partial charge in [-0.25, -0.2) is 9.50 Å². The van der Waals surface area contributed by atoms with Crippen molar-refractivity contribution in [2.45, 2.75) is 0 Å². The lowest BCUT2D eigenvalue weighted by Crippen LogP contribution is -1.99. The van der Waals surface area contributed by atoms with Crippen molar-refractivity contribution in [3.63, 3.8) is 0 Å². The van der Waals surface area contributed by atoms with Gasteiger partial charge in [0.15, 0.2) is 5.82 Å². The first-order valence-electron chi connectivity index (χ1n) is 5.56. The molecule has 0 amide bonds. The van der Waals surface area contributed by atoms with Crippen molar-refractivity contribution in [2.24, 2.45) is 0 Å². The second kappa shape index (κ2) is 4.37. The summed E-state index contributed by atoms with van der Waals surface area (Å²) < 4.78 is 6.96. The van der Waals surface area contributed by atoms with Gasteiger partial charge in [-0.2, -0.15) is 5.10 Å². The maximum Gasteiger partial charge on any atom is 0.158 e. The number of ether oxygens (including phenoxy) is 1. The lowest BCUT2D eigenvalue weighted by atomic mass is 10.3. The van der Waals surface area contributed by atoms with E-state index in [4.69, 9.17) is 4.74 Å². The number of nitrogens with zero attached hydrogens (tertiary/aromatic N) is 3. The molecule has 3 aromatic rings. The van der Waals surface area contributed by atoms with E-state index in [0.29, 0.717) is 0 Å². The van der Waals surface area contributed by atoms with Crippen LogP contribution >= 0.6 is 0 Å². The molecule has 0 aliphatic heterocycles. The van der Waals surface area contributed by atoms with Gasteiger partial charge < -0.3 is 10.1 Å². The van der Waals surface area contributed by atoms with Crippen LogP contribution in [0.5, 0.6) is 5.75 Å². The average molecular weight is 240 g/mol. The highest BCUT2D eigenvalue weighted by molar-refractivity contribution is 5.73. The Hall–Kier alpha value is -2.56. The predicted octanol–water partition coefficient (Wildman–Crippen LogP) is 2.48. The Morgan fingerprint density at radius 2 is 2.17 bits per heavy atom. The van der Waals surface area contributed by atoms with Crippen LogP contribution in [0.15, 0.2) is 48.9 Å². The fourth-order valence-corrected chi connectivity index (χ4v) is 1.80. The topological polar surface area (TPSA) is 51.5 Å². The van der Waals surface area contributed by atoms with Crippen LogP contribution in [-0.4, -0.2) is 21.7 Å². The van der Waals surface area contributed by atoms with Gasteiger partial charge in [0.05, 0.1) is 7.11 Å². The van der Waals surface area contributed by atoms with E-state index in [1.807, 2.05) is 42.6 Å². The van der Waals surface area contributed by atoms with E-state index in [9.17, 15) is 0 Å². The smallest absolute Gasteiger partial charge is 0.158 e. The maximum atomic E-state index is 5.19. The number of rotatable bonds is 3. The molecule has 0 unspecified atom stereocenters. The Morgan fingerprint density at radius 1 is 1.22 bits per heavy atom. The minimum atomic E-state index is 0.767. The van der Waals surface area contributed by atoms with Crippen molar-refractivity contribution < 1.29 is 4.74 Å². The first-order chi connectivity index (χ1) is 8.86. The number of fused-ring (bicyclic) bond motifs is 1. The van der Waals surface area contributed by atoms with E-state index in [1.54, 1.807) is 11.6 Å². The second-order valence-electron chi connectivity index (χ2n) is 3.80. The zero-order valence-corrected chi connectivity index (χ0v) is 9.87.